The maximum atomic E-state index is 11.9. The Kier molecular flexibility index (Phi) is 5.16. The van der Waals surface area contributed by atoms with Gasteiger partial charge in [0.1, 0.15) is 12.3 Å². The Balaban J connectivity index is 2.09. The van der Waals surface area contributed by atoms with Crippen molar-refractivity contribution in [3.05, 3.63) is 23.8 Å². The van der Waals surface area contributed by atoms with Gasteiger partial charge in [-0.15, -0.1) is 0 Å². The van der Waals surface area contributed by atoms with Crippen LogP contribution in [0.5, 0.6) is 5.75 Å². The van der Waals surface area contributed by atoms with Crippen molar-refractivity contribution in [2.24, 2.45) is 0 Å². The summed E-state index contributed by atoms with van der Waals surface area (Å²) < 4.78 is 5.35. The van der Waals surface area contributed by atoms with Crippen molar-refractivity contribution in [3.8, 4) is 5.75 Å². The molecule has 0 radical (unpaired) electrons. The maximum Gasteiger partial charge on any atom is 0.265 e. The topological polar surface area (TPSA) is 78.9 Å². The van der Waals surface area contributed by atoms with Crippen molar-refractivity contribution in [2.45, 2.75) is 26.4 Å². The molecule has 1 aliphatic heterocycles. The molecular weight excluding hydrogens is 272 g/mol. The number of anilines is 1. The number of unbranched alkanes of at least 4 members (excludes halogenated alkanes) is 1. The number of aliphatic hydroxyl groups excluding tert-OH is 1. The lowest BCUT2D eigenvalue weighted by molar-refractivity contribution is -0.125. The Morgan fingerprint density at radius 3 is 3.00 bits per heavy atom. The van der Waals surface area contributed by atoms with Crippen LogP contribution in [-0.2, 0) is 16.2 Å². The first-order valence-electron chi connectivity index (χ1n) is 7.09. The van der Waals surface area contributed by atoms with Gasteiger partial charge >= 0.3 is 0 Å². The molecule has 0 saturated heterocycles. The number of aliphatic hydroxyl groups is 1. The van der Waals surface area contributed by atoms with Gasteiger partial charge in [-0.3, -0.25) is 14.5 Å². The zero-order chi connectivity index (χ0) is 15.2. The quantitative estimate of drug-likeness (QED) is 0.761. The molecule has 2 rings (SSSR count). The molecule has 2 amide bonds. The predicted octanol–water partition coefficient (Wildman–Crippen LogP) is 0.821. The van der Waals surface area contributed by atoms with Crippen molar-refractivity contribution in [1.82, 2.24) is 5.32 Å². The normalized spacial score (nSPS) is 13.6. The molecular formula is C15H20N2O4. The van der Waals surface area contributed by atoms with E-state index in [1.165, 1.54) is 4.90 Å². The minimum absolute atomic E-state index is 0.0165. The molecule has 0 spiro atoms. The molecule has 0 unspecified atom stereocenters. The molecule has 0 aliphatic carbocycles. The molecule has 6 nitrogen and oxygen atoms in total. The van der Waals surface area contributed by atoms with Crippen LogP contribution in [0.25, 0.3) is 0 Å². The highest BCUT2D eigenvalue weighted by Gasteiger charge is 2.27. The van der Waals surface area contributed by atoms with Gasteiger partial charge in [-0.2, -0.15) is 0 Å². The average molecular weight is 292 g/mol. The second kappa shape index (κ2) is 7.08. The maximum absolute atomic E-state index is 11.9. The Labute approximate surface area is 123 Å². The number of carbonyl (C=O) groups excluding carboxylic acids is 2. The molecule has 21 heavy (non-hydrogen) atoms. The zero-order valence-corrected chi connectivity index (χ0v) is 12.1. The van der Waals surface area contributed by atoms with Crippen LogP contribution < -0.4 is 15.0 Å². The van der Waals surface area contributed by atoms with E-state index in [1.54, 1.807) is 18.2 Å². The van der Waals surface area contributed by atoms with Crippen LogP contribution in [0.3, 0.4) is 0 Å². The summed E-state index contributed by atoms with van der Waals surface area (Å²) in [5, 5.41) is 11.9. The number of nitrogens with one attached hydrogen (secondary N) is 1. The third-order valence-corrected chi connectivity index (χ3v) is 3.30. The molecule has 6 heteroatoms. The second-order valence-electron chi connectivity index (χ2n) is 4.93. The van der Waals surface area contributed by atoms with Crippen LogP contribution in [0.15, 0.2) is 18.2 Å². The van der Waals surface area contributed by atoms with Gasteiger partial charge < -0.3 is 15.2 Å². The third kappa shape index (κ3) is 3.72. The number of ether oxygens (including phenoxy) is 1. The summed E-state index contributed by atoms with van der Waals surface area (Å²) in [6.07, 6.45) is 1.92. The van der Waals surface area contributed by atoms with Crippen LogP contribution in [-0.4, -0.2) is 36.6 Å². The lowest BCUT2D eigenvalue weighted by Crippen LogP contribution is -2.45. The number of benzene rings is 1. The van der Waals surface area contributed by atoms with E-state index in [4.69, 9.17) is 9.84 Å². The largest absolute Gasteiger partial charge is 0.482 e. The number of hydrogen-bond acceptors (Lipinski definition) is 4. The number of hydrogen-bond donors (Lipinski definition) is 2. The molecule has 0 aromatic heterocycles. The highest BCUT2D eigenvalue weighted by Crippen LogP contribution is 2.32. The Morgan fingerprint density at radius 2 is 2.29 bits per heavy atom. The summed E-state index contributed by atoms with van der Waals surface area (Å²) in [6.45, 7) is 2.46. The molecule has 1 heterocycles. The minimum atomic E-state index is -0.245. The van der Waals surface area contributed by atoms with E-state index in [0.717, 1.165) is 12.8 Å². The molecule has 0 saturated carbocycles. The number of rotatable bonds is 6. The first-order chi connectivity index (χ1) is 10.2. The van der Waals surface area contributed by atoms with E-state index in [1.807, 2.05) is 6.92 Å². The number of nitrogens with zero attached hydrogens (tertiary/aromatic N) is 1. The van der Waals surface area contributed by atoms with E-state index >= 15 is 0 Å². The summed E-state index contributed by atoms with van der Waals surface area (Å²) >= 11 is 0. The number of carbonyl (C=O) groups is 2. The van der Waals surface area contributed by atoms with Gasteiger partial charge in [-0.1, -0.05) is 19.4 Å². The van der Waals surface area contributed by atoms with Gasteiger partial charge in [0.05, 0.1) is 12.3 Å². The van der Waals surface area contributed by atoms with E-state index in [0.29, 0.717) is 23.5 Å². The van der Waals surface area contributed by atoms with E-state index in [2.05, 4.69) is 5.32 Å². The molecule has 114 valence electrons. The summed E-state index contributed by atoms with van der Waals surface area (Å²) in [4.78, 5) is 25.2. The van der Waals surface area contributed by atoms with Crippen molar-refractivity contribution in [1.29, 1.82) is 0 Å². The Hall–Kier alpha value is -2.08. The number of amides is 2. The molecule has 1 aromatic rings. The van der Waals surface area contributed by atoms with Crippen molar-refractivity contribution < 1.29 is 19.4 Å². The Bertz CT molecular complexity index is 530. The average Bonchev–Trinajstić information content (AvgIpc) is 2.50. The van der Waals surface area contributed by atoms with Crippen molar-refractivity contribution >= 4 is 17.5 Å². The molecule has 0 bridgehead atoms. The lowest BCUT2D eigenvalue weighted by Gasteiger charge is -2.29. The lowest BCUT2D eigenvalue weighted by atomic mass is 10.1. The molecule has 0 atom stereocenters. The fraction of sp³-hybridized carbons (Fsp3) is 0.467. The fourth-order valence-electron chi connectivity index (χ4n) is 2.12. The third-order valence-electron chi connectivity index (χ3n) is 3.30. The zero-order valence-electron chi connectivity index (χ0n) is 12.1. The summed E-state index contributed by atoms with van der Waals surface area (Å²) in [5.41, 5.74) is 1.27. The molecule has 0 fully saturated rings. The monoisotopic (exact) mass is 292 g/mol. The molecule has 2 N–H and O–H groups in total. The standard InChI is InChI=1S/C15H20N2O4/c1-2-3-6-16-14(19)8-17-12-5-4-11(9-18)7-13(12)21-10-15(17)20/h4-5,7,18H,2-3,6,8-10H2,1H3,(H,16,19). The van der Waals surface area contributed by atoms with Crippen LogP contribution in [0.1, 0.15) is 25.3 Å². The first kappa shape index (κ1) is 15.3. The smallest absolute Gasteiger partial charge is 0.265 e. The Morgan fingerprint density at radius 1 is 1.48 bits per heavy atom. The van der Waals surface area contributed by atoms with Gasteiger partial charge in [0.15, 0.2) is 6.61 Å². The minimum Gasteiger partial charge on any atom is -0.482 e. The molecule has 1 aromatic carbocycles. The molecule has 1 aliphatic rings. The summed E-state index contributed by atoms with van der Waals surface area (Å²) in [5.74, 6) is 0.0864. The van der Waals surface area contributed by atoms with Gasteiger partial charge in [0.25, 0.3) is 5.91 Å². The summed E-state index contributed by atoms with van der Waals surface area (Å²) in [6, 6.07) is 5.09. The van der Waals surface area contributed by atoms with Crippen LogP contribution in [0.2, 0.25) is 0 Å². The highest BCUT2D eigenvalue weighted by molar-refractivity contribution is 6.02. The fourth-order valence-corrected chi connectivity index (χ4v) is 2.12. The summed E-state index contributed by atoms with van der Waals surface area (Å²) in [7, 11) is 0. The second-order valence-corrected chi connectivity index (χ2v) is 4.93. The SMILES string of the molecule is CCCCNC(=O)CN1C(=O)COc2cc(CO)ccc21. The van der Waals surface area contributed by atoms with Gasteiger partial charge in [-0.05, 0) is 24.1 Å². The predicted molar refractivity (Wildman–Crippen MR) is 78.1 cm³/mol. The highest BCUT2D eigenvalue weighted by atomic mass is 16.5. The number of fused-ring (bicyclic) bond motifs is 1. The van der Waals surface area contributed by atoms with E-state index in [-0.39, 0.29) is 31.6 Å². The van der Waals surface area contributed by atoms with Crippen molar-refractivity contribution in [2.75, 3.05) is 24.6 Å². The van der Waals surface area contributed by atoms with Crippen LogP contribution >= 0.6 is 0 Å². The van der Waals surface area contributed by atoms with E-state index < -0.39 is 0 Å². The van der Waals surface area contributed by atoms with Gasteiger partial charge in [0, 0.05) is 6.54 Å². The van der Waals surface area contributed by atoms with Gasteiger partial charge in [-0.25, -0.2) is 0 Å². The van der Waals surface area contributed by atoms with E-state index in [9.17, 15) is 9.59 Å². The van der Waals surface area contributed by atoms with Crippen LogP contribution in [0.4, 0.5) is 5.69 Å². The van der Waals surface area contributed by atoms with Gasteiger partial charge in [0.2, 0.25) is 5.91 Å². The van der Waals surface area contributed by atoms with Crippen molar-refractivity contribution in [3.63, 3.8) is 0 Å². The first-order valence-corrected chi connectivity index (χ1v) is 7.09. The van der Waals surface area contributed by atoms with Crippen LogP contribution in [0, 0.1) is 0 Å².